The molecule has 0 amide bonds. The second kappa shape index (κ2) is 5.49. The van der Waals surface area contributed by atoms with Gasteiger partial charge in [0.1, 0.15) is 0 Å². The average molecular weight is 217 g/mol. The van der Waals surface area contributed by atoms with Crippen LogP contribution in [0, 0.1) is 0 Å². The van der Waals surface area contributed by atoms with Gasteiger partial charge >= 0.3 is 0 Å². The largest absolute Gasteiger partial charge is 0.307 e. The van der Waals surface area contributed by atoms with Crippen molar-refractivity contribution >= 4 is 0 Å². The van der Waals surface area contributed by atoms with Crippen molar-refractivity contribution in [2.75, 3.05) is 6.54 Å². The van der Waals surface area contributed by atoms with Gasteiger partial charge in [-0.05, 0) is 31.4 Å². The molecule has 1 atom stereocenters. The van der Waals surface area contributed by atoms with E-state index in [1.54, 1.807) is 0 Å². The van der Waals surface area contributed by atoms with Crippen molar-refractivity contribution in [3.8, 4) is 0 Å². The van der Waals surface area contributed by atoms with Crippen LogP contribution in [0.3, 0.4) is 0 Å². The molecule has 2 rings (SSSR count). The molecule has 16 heavy (non-hydrogen) atoms. The Hall–Kier alpha value is -0.820. The molecule has 0 bridgehead atoms. The second-order valence-corrected chi connectivity index (χ2v) is 4.94. The van der Waals surface area contributed by atoms with E-state index in [4.69, 9.17) is 0 Å². The zero-order chi connectivity index (χ0) is 11.3. The zero-order valence-electron chi connectivity index (χ0n) is 10.3. The Morgan fingerprint density at radius 3 is 2.69 bits per heavy atom. The van der Waals surface area contributed by atoms with Crippen LogP contribution < -0.4 is 5.32 Å². The topological polar surface area (TPSA) is 12.0 Å². The van der Waals surface area contributed by atoms with Crippen LogP contribution >= 0.6 is 0 Å². The third kappa shape index (κ3) is 2.46. The molecule has 88 valence electrons. The van der Waals surface area contributed by atoms with E-state index in [2.05, 4.69) is 42.6 Å². The lowest BCUT2D eigenvalue weighted by atomic mass is 9.82. The SMILES string of the molecule is CCCC1(c2ccccc2)CCCCCN1. The van der Waals surface area contributed by atoms with Gasteiger partial charge in [-0.25, -0.2) is 0 Å². The lowest BCUT2D eigenvalue weighted by molar-refractivity contribution is 0.297. The first-order valence-electron chi connectivity index (χ1n) is 6.68. The average Bonchev–Trinajstić information content (AvgIpc) is 2.57. The van der Waals surface area contributed by atoms with E-state index in [0.29, 0.717) is 0 Å². The fourth-order valence-electron chi connectivity index (χ4n) is 2.93. The van der Waals surface area contributed by atoms with Gasteiger partial charge in [-0.15, -0.1) is 0 Å². The third-order valence-electron chi connectivity index (χ3n) is 3.75. The van der Waals surface area contributed by atoms with Gasteiger partial charge in [-0.2, -0.15) is 0 Å². The highest BCUT2D eigenvalue weighted by molar-refractivity contribution is 5.24. The van der Waals surface area contributed by atoms with Gasteiger partial charge in [0.2, 0.25) is 0 Å². The predicted molar refractivity (Wildman–Crippen MR) is 69.5 cm³/mol. The Kier molecular flexibility index (Phi) is 4.00. The highest BCUT2D eigenvalue weighted by Gasteiger charge is 2.30. The molecule has 1 saturated heterocycles. The summed E-state index contributed by atoms with van der Waals surface area (Å²) in [6, 6.07) is 11.0. The quantitative estimate of drug-likeness (QED) is 0.811. The maximum Gasteiger partial charge on any atom is 0.0434 e. The third-order valence-corrected chi connectivity index (χ3v) is 3.75. The summed E-state index contributed by atoms with van der Waals surface area (Å²) in [5.74, 6) is 0. The van der Waals surface area contributed by atoms with Gasteiger partial charge in [0, 0.05) is 5.54 Å². The van der Waals surface area contributed by atoms with Crippen molar-refractivity contribution in [2.45, 2.75) is 51.0 Å². The van der Waals surface area contributed by atoms with Crippen molar-refractivity contribution < 1.29 is 0 Å². The molecule has 1 aliphatic rings. The first kappa shape index (κ1) is 11.7. The van der Waals surface area contributed by atoms with Crippen molar-refractivity contribution in [3.05, 3.63) is 35.9 Å². The Morgan fingerprint density at radius 2 is 1.94 bits per heavy atom. The number of rotatable bonds is 3. The van der Waals surface area contributed by atoms with Crippen LogP contribution in [0.4, 0.5) is 0 Å². The first-order chi connectivity index (χ1) is 7.87. The normalized spacial score (nSPS) is 26.3. The molecule has 1 nitrogen and oxygen atoms in total. The lowest BCUT2D eigenvalue weighted by Gasteiger charge is -2.34. The summed E-state index contributed by atoms with van der Waals surface area (Å²) in [4.78, 5) is 0. The highest BCUT2D eigenvalue weighted by atomic mass is 15.0. The summed E-state index contributed by atoms with van der Waals surface area (Å²) < 4.78 is 0. The summed E-state index contributed by atoms with van der Waals surface area (Å²) in [5, 5.41) is 3.81. The zero-order valence-corrected chi connectivity index (χ0v) is 10.3. The summed E-state index contributed by atoms with van der Waals surface area (Å²) in [6.45, 7) is 3.46. The molecule has 1 aliphatic heterocycles. The van der Waals surface area contributed by atoms with Crippen molar-refractivity contribution in [3.63, 3.8) is 0 Å². The second-order valence-electron chi connectivity index (χ2n) is 4.94. The smallest absolute Gasteiger partial charge is 0.0434 e. The molecule has 0 aliphatic carbocycles. The molecule has 1 heterocycles. The minimum atomic E-state index is 0.256. The summed E-state index contributed by atoms with van der Waals surface area (Å²) in [7, 11) is 0. The molecular weight excluding hydrogens is 194 g/mol. The Balaban J connectivity index is 2.26. The molecule has 0 saturated carbocycles. The molecule has 1 aromatic rings. The van der Waals surface area contributed by atoms with Crippen LogP contribution in [-0.4, -0.2) is 6.54 Å². The summed E-state index contributed by atoms with van der Waals surface area (Å²) in [6.07, 6.45) is 7.88. The molecule has 0 spiro atoms. The maximum atomic E-state index is 3.81. The van der Waals surface area contributed by atoms with Crippen molar-refractivity contribution in [1.82, 2.24) is 5.32 Å². The number of nitrogens with one attached hydrogen (secondary N) is 1. The molecule has 0 aromatic heterocycles. The van der Waals surface area contributed by atoms with E-state index >= 15 is 0 Å². The molecular formula is C15H23N. The minimum absolute atomic E-state index is 0.256. The predicted octanol–water partition coefficient (Wildman–Crippen LogP) is 3.85. The highest BCUT2D eigenvalue weighted by Crippen LogP contribution is 2.33. The van der Waals surface area contributed by atoms with E-state index < -0.39 is 0 Å². The standard InChI is InChI=1S/C15H23N/c1-2-11-15(12-7-4-8-13-16-15)14-9-5-3-6-10-14/h3,5-6,9-10,16H,2,4,7-8,11-13H2,1H3. The van der Waals surface area contributed by atoms with E-state index in [1.165, 1.54) is 50.6 Å². The van der Waals surface area contributed by atoms with Gasteiger partial charge in [-0.3, -0.25) is 0 Å². The van der Waals surface area contributed by atoms with E-state index in [0.717, 1.165) is 0 Å². The van der Waals surface area contributed by atoms with Crippen molar-refractivity contribution in [1.29, 1.82) is 0 Å². The monoisotopic (exact) mass is 217 g/mol. The number of hydrogen-bond donors (Lipinski definition) is 1. The van der Waals surface area contributed by atoms with E-state index in [1.807, 2.05) is 0 Å². The first-order valence-corrected chi connectivity index (χ1v) is 6.68. The fourth-order valence-corrected chi connectivity index (χ4v) is 2.93. The number of benzene rings is 1. The lowest BCUT2D eigenvalue weighted by Crippen LogP contribution is -2.41. The molecule has 1 aromatic carbocycles. The Labute approximate surface area is 99.3 Å². The van der Waals surface area contributed by atoms with Gasteiger partial charge < -0.3 is 5.32 Å². The fraction of sp³-hybridized carbons (Fsp3) is 0.600. The van der Waals surface area contributed by atoms with Crippen molar-refractivity contribution in [2.24, 2.45) is 0 Å². The van der Waals surface area contributed by atoms with Crippen LogP contribution in [-0.2, 0) is 5.54 Å². The molecule has 1 unspecified atom stereocenters. The van der Waals surface area contributed by atoms with Crippen LogP contribution in [0.1, 0.15) is 51.0 Å². The minimum Gasteiger partial charge on any atom is -0.307 e. The van der Waals surface area contributed by atoms with E-state index in [9.17, 15) is 0 Å². The van der Waals surface area contributed by atoms with Gasteiger partial charge in [-0.1, -0.05) is 56.5 Å². The van der Waals surface area contributed by atoms with Gasteiger partial charge in [0.25, 0.3) is 0 Å². The van der Waals surface area contributed by atoms with Gasteiger partial charge in [0.05, 0.1) is 0 Å². The summed E-state index contributed by atoms with van der Waals surface area (Å²) >= 11 is 0. The Morgan fingerprint density at radius 1 is 1.12 bits per heavy atom. The summed E-state index contributed by atoms with van der Waals surface area (Å²) in [5.41, 5.74) is 1.74. The molecule has 1 fully saturated rings. The molecule has 1 N–H and O–H groups in total. The maximum absolute atomic E-state index is 3.81. The van der Waals surface area contributed by atoms with Crippen LogP contribution in [0.15, 0.2) is 30.3 Å². The van der Waals surface area contributed by atoms with Crippen LogP contribution in [0.25, 0.3) is 0 Å². The van der Waals surface area contributed by atoms with Crippen LogP contribution in [0.2, 0.25) is 0 Å². The molecule has 1 heteroatoms. The molecule has 0 radical (unpaired) electrons. The Bertz CT molecular complexity index is 296. The van der Waals surface area contributed by atoms with Gasteiger partial charge in [0.15, 0.2) is 0 Å². The van der Waals surface area contributed by atoms with E-state index in [-0.39, 0.29) is 5.54 Å². The number of hydrogen-bond acceptors (Lipinski definition) is 1. The van der Waals surface area contributed by atoms with Crippen LogP contribution in [0.5, 0.6) is 0 Å².